The molecule has 1 N–H and O–H groups in total. The normalized spacial score (nSPS) is 11.0. The quantitative estimate of drug-likeness (QED) is 0.335. The Morgan fingerprint density at radius 2 is 1.24 bits per heavy atom. The smallest absolute Gasteiger partial charge is 0.0382 e. The first kappa shape index (κ1) is 22.8. The van der Waals surface area contributed by atoms with Crippen molar-refractivity contribution in [3.8, 4) is 22.3 Å². The fourth-order valence-electron chi connectivity index (χ4n) is 4.76. The molecule has 0 bridgehead atoms. The SMILES string of the molecule is CNc1ccc(-c2c(C)c(C)cc(CCc3ccc(-c4cc(C)nc(C)c4)cc3)c2C)cc1. The second-order valence-corrected chi connectivity index (χ2v) is 9.14. The summed E-state index contributed by atoms with van der Waals surface area (Å²) >= 11 is 0. The molecule has 2 nitrogen and oxygen atoms in total. The Morgan fingerprint density at radius 3 is 1.85 bits per heavy atom. The van der Waals surface area contributed by atoms with E-state index in [1.807, 2.05) is 7.05 Å². The van der Waals surface area contributed by atoms with Crippen molar-refractivity contribution in [3.05, 3.63) is 106 Å². The van der Waals surface area contributed by atoms with E-state index in [4.69, 9.17) is 0 Å². The third-order valence-corrected chi connectivity index (χ3v) is 6.73. The predicted molar refractivity (Wildman–Crippen MR) is 142 cm³/mol. The maximum Gasteiger partial charge on any atom is 0.0382 e. The molecule has 0 saturated carbocycles. The third-order valence-electron chi connectivity index (χ3n) is 6.73. The summed E-state index contributed by atoms with van der Waals surface area (Å²) in [7, 11) is 1.96. The van der Waals surface area contributed by atoms with E-state index in [1.54, 1.807) is 0 Å². The van der Waals surface area contributed by atoms with E-state index in [0.717, 1.165) is 29.9 Å². The van der Waals surface area contributed by atoms with E-state index in [0.29, 0.717) is 0 Å². The lowest BCUT2D eigenvalue weighted by molar-refractivity contribution is 0.945. The van der Waals surface area contributed by atoms with Crippen LogP contribution in [0.25, 0.3) is 22.3 Å². The van der Waals surface area contributed by atoms with Gasteiger partial charge in [0.05, 0.1) is 0 Å². The average molecular weight is 435 g/mol. The van der Waals surface area contributed by atoms with E-state index >= 15 is 0 Å². The molecule has 0 aliphatic carbocycles. The Hall–Kier alpha value is -3.39. The van der Waals surface area contributed by atoms with E-state index in [2.05, 4.69) is 112 Å². The van der Waals surface area contributed by atoms with Crippen molar-refractivity contribution in [2.24, 2.45) is 0 Å². The lowest BCUT2D eigenvalue weighted by Crippen LogP contribution is -2.01. The number of anilines is 1. The molecular formula is C31H34N2. The highest BCUT2D eigenvalue weighted by Gasteiger charge is 2.13. The Morgan fingerprint density at radius 1 is 0.636 bits per heavy atom. The van der Waals surface area contributed by atoms with Gasteiger partial charge in [0.1, 0.15) is 0 Å². The van der Waals surface area contributed by atoms with Gasteiger partial charge in [0.15, 0.2) is 0 Å². The van der Waals surface area contributed by atoms with E-state index in [9.17, 15) is 0 Å². The zero-order valence-electron chi connectivity index (χ0n) is 20.7. The number of aryl methyl sites for hydroxylation is 5. The van der Waals surface area contributed by atoms with Crippen LogP contribution in [0.1, 0.15) is 39.2 Å². The molecule has 0 aliphatic heterocycles. The number of benzene rings is 3. The van der Waals surface area contributed by atoms with Gasteiger partial charge in [-0.1, -0.05) is 42.5 Å². The highest BCUT2D eigenvalue weighted by atomic mass is 14.8. The number of aromatic nitrogens is 1. The topological polar surface area (TPSA) is 24.9 Å². The molecule has 1 heterocycles. The van der Waals surface area contributed by atoms with Crippen LogP contribution in [0.4, 0.5) is 5.69 Å². The third kappa shape index (κ3) is 5.01. The van der Waals surface area contributed by atoms with Gasteiger partial charge in [-0.05, 0) is 122 Å². The minimum Gasteiger partial charge on any atom is -0.388 e. The molecule has 0 fully saturated rings. The summed E-state index contributed by atoms with van der Waals surface area (Å²) < 4.78 is 0. The van der Waals surface area contributed by atoms with Gasteiger partial charge in [-0.2, -0.15) is 0 Å². The van der Waals surface area contributed by atoms with Gasteiger partial charge >= 0.3 is 0 Å². The highest BCUT2D eigenvalue weighted by Crippen LogP contribution is 2.33. The molecule has 33 heavy (non-hydrogen) atoms. The monoisotopic (exact) mass is 434 g/mol. The molecule has 4 rings (SSSR count). The largest absolute Gasteiger partial charge is 0.388 e. The molecule has 1 aromatic heterocycles. The van der Waals surface area contributed by atoms with E-state index < -0.39 is 0 Å². The molecule has 0 radical (unpaired) electrons. The Labute approximate surface area is 198 Å². The second-order valence-electron chi connectivity index (χ2n) is 9.14. The van der Waals surface area contributed by atoms with Crippen LogP contribution < -0.4 is 5.32 Å². The van der Waals surface area contributed by atoms with Gasteiger partial charge in [-0.15, -0.1) is 0 Å². The van der Waals surface area contributed by atoms with Crippen LogP contribution in [-0.4, -0.2) is 12.0 Å². The maximum absolute atomic E-state index is 4.50. The molecule has 168 valence electrons. The van der Waals surface area contributed by atoms with Crippen LogP contribution in [-0.2, 0) is 12.8 Å². The van der Waals surface area contributed by atoms with Gasteiger partial charge in [0.25, 0.3) is 0 Å². The molecule has 0 saturated heterocycles. The summed E-state index contributed by atoms with van der Waals surface area (Å²) in [6.07, 6.45) is 2.08. The number of rotatable bonds is 6. The van der Waals surface area contributed by atoms with Crippen molar-refractivity contribution in [3.63, 3.8) is 0 Å². The van der Waals surface area contributed by atoms with Crippen molar-refractivity contribution < 1.29 is 0 Å². The van der Waals surface area contributed by atoms with Crippen molar-refractivity contribution in [2.45, 2.75) is 47.5 Å². The van der Waals surface area contributed by atoms with Crippen LogP contribution >= 0.6 is 0 Å². The standard InChI is InChI=1S/C31H34N2/c1-20-17-28(24(5)31(23(20)4)27-13-15-30(32-6)16-14-27)12-9-25-7-10-26(11-8-25)29-18-21(2)33-22(3)19-29/h7-8,10-11,13-19,32H,9,12H2,1-6H3. The van der Waals surface area contributed by atoms with Gasteiger partial charge in [-0.3, -0.25) is 4.98 Å². The van der Waals surface area contributed by atoms with Gasteiger partial charge in [0.2, 0.25) is 0 Å². The number of hydrogen-bond donors (Lipinski definition) is 1. The molecule has 4 aromatic rings. The first-order valence-corrected chi connectivity index (χ1v) is 11.8. The summed E-state index contributed by atoms with van der Waals surface area (Å²) in [4.78, 5) is 4.50. The summed E-state index contributed by atoms with van der Waals surface area (Å²) in [5.41, 5.74) is 15.4. The van der Waals surface area contributed by atoms with Crippen LogP contribution in [0.15, 0.2) is 66.7 Å². The fraction of sp³-hybridized carbons (Fsp3) is 0.258. The number of pyridine rings is 1. The molecule has 0 amide bonds. The first-order chi connectivity index (χ1) is 15.9. The van der Waals surface area contributed by atoms with Crippen LogP contribution in [0.3, 0.4) is 0 Å². The zero-order chi connectivity index (χ0) is 23.5. The second kappa shape index (κ2) is 9.62. The van der Waals surface area contributed by atoms with Crippen molar-refractivity contribution >= 4 is 5.69 Å². The lowest BCUT2D eigenvalue weighted by atomic mass is 9.87. The Kier molecular flexibility index (Phi) is 6.65. The summed E-state index contributed by atoms with van der Waals surface area (Å²) in [5, 5.41) is 3.21. The molecular weight excluding hydrogens is 400 g/mol. The minimum absolute atomic E-state index is 1.04. The van der Waals surface area contributed by atoms with Gasteiger partial charge in [-0.25, -0.2) is 0 Å². The van der Waals surface area contributed by atoms with Crippen LogP contribution in [0, 0.1) is 34.6 Å². The minimum atomic E-state index is 1.04. The summed E-state index contributed by atoms with van der Waals surface area (Å²) in [6.45, 7) is 10.9. The first-order valence-electron chi connectivity index (χ1n) is 11.8. The Balaban J connectivity index is 1.56. The van der Waals surface area contributed by atoms with Crippen molar-refractivity contribution in [2.75, 3.05) is 12.4 Å². The van der Waals surface area contributed by atoms with E-state index in [1.165, 1.54) is 50.1 Å². The average Bonchev–Trinajstić information content (AvgIpc) is 2.81. The van der Waals surface area contributed by atoms with Crippen LogP contribution in [0.5, 0.6) is 0 Å². The lowest BCUT2D eigenvalue weighted by Gasteiger charge is -2.18. The number of hydrogen-bond acceptors (Lipinski definition) is 2. The van der Waals surface area contributed by atoms with Gasteiger partial charge < -0.3 is 5.32 Å². The molecule has 0 unspecified atom stereocenters. The summed E-state index contributed by atoms with van der Waals surface area (Å²) in [6, 6.07) is 24.5. The molecule has 0 atom stereocenters. The maximum atomic E-state index is 4.50. The zero-order valence-corrected chi connectivity index (χ0v) is 20.7. The van der Waals surface area contributed by atoms with E-state index in [-0.39, 0.29) is 0 Å². The highest BCUT2D eigenvalue weighted by molar-refractivity contribution is 5.74. The summed E-state index contributed by atoms with van der Waals surface area (Å²) in [5.74, 6) is 0. The predicted octanol–water partition coefficient (Wildman–Crippen LogP) is 7.78. The Bertz CT molecular complexity index is 1250. The number of nitrogens with zero attached hydrogens (tertiary/aromatic N) is 1. The molecule has 0 aliphatic rings. The fourth-order valence-corrected chi connectivity index (χ4v) is 4.76. The van der Waals surface area contributed by atoms with Crippen molar-refractivity contribution in [1.29, 1.82) is 0 Å². The van der Waals surface area contributed by atoms with Crippen LogP contribution in [0.2, 0.25) is 0 Å². The molecule has 3 aromatic carbocycles. The molecule has 2 heteroatoms. The number of nitrogens with one attached hydrogen (secondary N) is 1. The van der Waals surface area contributed by atoms with Crippen molar-refractivity contribution in [1.82, 2.24) is 4.98 Å². The molecule has 0 spiro atoms. The van der Waals surface area contributed by atoms with Gasteiger partial charge in [0, 0.05) is 24.1 Å².